The fraction of sp³-hybridized carbons (Fsp3) is 0.667. The average Bonchev–Trinajstić information content (AvgIpc) is 2.34. The molecule has 0 bridgehead atoms. The van der Waals surface area contributed by atoms with E-state index in [1.165, 1.54) is 6.33 Å². The lowest BCUT2D eigenvalue weighted by molar-refractivity contribution is 0.248. The molecule has 0 radical (unpaired) electrons. The van der Waals surface area contributed by atoms with Crippen molar-refractivity contribution in [2.75, 3.05) is 30.8 Å². The fourth-order valence-electron chi connectivity index (χ4n) is 1.57. The van der Waals surface area contributed by atoms with E-state index in [2.05, 4.69) is 34.4 Å². The topological polar surface area (TPSA) is 70.1 Å². The van der Waals surface area contributed by atoms with Gasteiger partial charge in [-0.2, -0.15) is 0 Å². The molecule has 0 saturated heterocycles. The maximum atomic E-state index is 8.83. The summed E-state index contributed by atoms with van der Waals surface area (Å²) < 4.78 is 0. The summed E-state index contributed by atoms with van der Waals surface area (Å²) in [4.78, 5) is 8.22. The lowest BCUT2D eigenvalue weighted by Gasteiger charge is -2.24. The summed E-state index contributed by atoms with van der Waals surface area (Å²) >= 11 is 0. The highest BCUT2D eigenvalue weighted by molar-refractivity contribution is 5.45. The maximum absolute atomic E-state index is 8.83. The Morgan fingerprint density at radius 1 is 1.29 bits per heavy atom. The molecular weight excluding hydrogens is 216 g/mol. The van der Waals surface area contributed by atoms with Gasteiger partial charge in [0.2, 0.25) is 0 Å². The maximum Gasteiger partial charge on any atom is 0.131 e. The zero-order valence-electron chi connectivity index (χ0n) is 10.8. The first-order valence-electron chi connectivity index (χ1n) is 5.92. The third-order valence-electron chi connectivity index (χ3n) is 2.68. The van der Waals surface area contributed by atoms with Gasteiger partial charge in [0.15, 0.2) is 0 Å². The Morgan fingerprint density at radius 3 is 2.65 bits per heavy atom. The fourth-order valence-corrected chi connectivity index (χ4v) is 1.57. The molecule has 1 aromatic heterocycles. The number of hydrogen-bond acceptors (Lipinski definition) is 5. The first-order chi connectivity index (χ1) is 8.07. The van der Waals surface area contributed by atoms with E-state index in [1.807, 2.05) is 13.1 Å². The Hall–Kier alpha value is -1.36. The summed E-state index contributed by atoms with van der Waals surface area (Å²) in [5.41, 5.74) is 0.146. The van der Waals surface area contributed by atoms with Crippen molar-refractivity contribution in [3.05, 3.63) is 12.4 Å². The molecule has 0 spiro atoms. The predicted octanol–water partition coefficient (Wildman–Crippen LogP) is 1.73. The van der Waals surface area contributed by atoms with Crippen molar-refractivity contribution in [1.82, 2.24) is 9.97 Å². The Labute approximate surface area is 103 Å². The number of aromatic nitrogens is 2. The van der Waals surface area contributed by atoms with Gasteiger partial charge in [0.25, 0.3) is 0 Å². The van der Waals surface area contributed by atoms with Crippen molar-refractivity contribution in [2.24, 2.45) is 5.41 Å². The Balaban J connectivity index is 2.48. The molecule has 0 unspecified atom stereocenters. The van der Waals surface area contributed by atoms with Crippen LogP contribution in [0.1, 0.15) is 26.7 Å². The van der Waals surface area contributed by atoms with Gasteiger partial charge < -0.3 is 15.7 Å². The van der Waals surface area contributed by atoms with E-state index in [1.54, 1.807) is 0 Å². The summed E-state index contributed by atoms with van der Waals surface area (Å²) in [6.45, 7) is 5.43. The second kappa shape index (κ2) is 6.39. The number of nitrogens with one attached hydrogen (secondary N) is 2. The van der Waals surface area contributed by atoms with E-state index in [9.17, 15) is 0 Å². The zero-order chi connectivity index (χ0) is 12.7. The van der Waals surface area contributed by atoms with E-state index in [4.69, 9.17) is 5.11 Å². The summed E-state index contributed by atoms with van der Waals surface area (Å²) in [6, 6.07) is 1.88. The summed E-state index contributed by atoms with van der Waals surface area (Å²) in [5.74, 6) is 1.62. The smallest absolute Gasteiger partial charge is 0.131 e. The molecule has 96 valence electrons. The SMILES string of the molecule is CNc1cc(NCC(C)(C)CCCO)ncn1. The molecule has 0 fully saturated rings. The molecule has 1 heterocycles. The molecular formula is C12H22N4O. The Morgan fingerprint density at radius 2 is 2.00 bits per heavy atom. The largest absolute Gasteiger partial charge is 0.396 e. The lowest BCUT2D eigenvalue weighted by Crippen LogP contribution is -2.23. The van der Waals surface area contributed by atoms with Crippen LogP contribution in [0.25, 0.3) is 0 Å². The molecule has 17 heavy (non-hydrogen) atoms. The van der Waals surface area contributed by atoms with Crippen LogP contribution in [0.5, 0.6) is 0 Å². The number of hydrogen-bond donors (Lipinski definition) is 3. The molecule has 3 N–H and O–H groups in total. The molecule has 0 amide bonds. The van der Waals surface area contributed by atoms with Crippen LogP contribution < -0.4 is 10.6 Å². The Kier molecular flexibility index (Phi) is 5.15. The van der Waals surface area contributed by atoms with Crippen LogP contribution in [0.4, 0.5) is 11.6 Å². The number of aliphatic hydroxyl groups is 1. The summed E-state index contributed by atoms with van der Waals surface area (Å²) in [6.07, 6.45) is 3.36. The summed E-state index contributed by atoms with van der Waals surface area (Å²) in [5, 5.41) is 15.1. The van der Waals surface area contributed by atoms with Crippen LogP contribution in [-0.2, 0) is 0 Å². The highest BCUT2D eigenvalue weighted by atomic mass is 16.2. The monoisotopic (exact) mass is 238 g/mol. The van der Waals surface area contributed by atoms with Crippen LogP contribution >= 0.6 is 0 Å². The van der Waals surface area contributed by atoms with Crippen LogP contribution in [0.15, 0.2) is 12.4 Å². The van der Waals surface area contributed by atoms with Gasteiger partial charge in [0.1, 0.15) is 18.0 Å². The van der Waals surface area contributed by atoms with Gasteiger partial charge in [-0.25, -0.2) is 9.97 Å². The molecule has 0 aliphatic heterocycles. The van der Waals surface area contributed by atoms with E-state index in [0.717, 1.165) is 31.0 Å². The molecule has 0 saturated carbocycles. The van der Waals surface area contributed by atoms with Gasteiger partial charge in [0, 0.05) is 26.3 Å². The molecule has 1 rings (SSSR count). The molecule has 5 heteroatoms. The van der Waals surface area contributed by atoms with Gasteiger partial charge in [0.05, 0.1) is 0 Å². The van der Waals surface area contributed by atoms with Crippen LogP contribution in [0.3, 0.4) is 0 Å². The number of rotatable bonds is 7. The van der Waals surface area contributed by atoms with E-state index < -0.39 is 0 Å². The van der Waals surface area contributed by atoms with Crippen molar-refractivity contribution in [3.63, 3.8) is 0 Å². The molecule has 0 atom stereocenters. The third-order valence-corrected chi connectivity index (χ3v) is 2.68. The molecule has 0 aliphatic carbocycles. The highest BCUT2D eigenvalue weighted by Gasteiger charge is 2.17. The third kappa shape index (κ3) is 4.99. The second-order valence-corrected chi connectivity index (χ2v) is 4.88. The lowest BCUT2D eigenvalue weighted by atomic mass is 9.88. The number of nitrogens with zero attached hydrogens (tertiary/aromatic N) is 2. The van der Waals surface area contributed by atoms with Crippen molar-refractivity contribution < 1.29 is 5.11 Å². The van der Waals surface area contributed by atoms with E-state index in [-0.39, 0.29) is 12.0 Å². The number of aliphatic hydroxyl groups excluding tert-OH is 1. The normalized spacial score (nSPS) is 11.3. The summed E-state index contributed by atoms with van der Waals surface area (Å²) in [7, 11) is 1.83. The minimum Gasteiger partial charge on any atom is -0.396 e. The zero-order valence-corrected chi connectivity index (χ0v) is 10.8. The van der Waals surface area contributed by atoms with Crippen molar-refractivity contribution in [2.45, 2.75) is 26.7 Å². The van der Waals surface area contributed by atoms with Gasteiger partial charge in [-0.15, -0.1) is 0 Å². The van der Waals surface area contributed by atoms with E-state index in [0.29, 0.717) is 0 Å². The Bertz CT molecular complexity index is 341. The molecule has 1 aromatic rings. The van der Waals surface area contributed by atoms with Crippen molar-refractivity contribution in [3.8, 4) is 0 Å². The second-order valence-electron chi connectivity index (χ2n) is 4.88. The van der Waals surface area contributed by atoms with E-state index >= 15 is 0 Å². The average molecular weight is 238 g/mol. The van der Waals surface area contributed by atoms with Gasteiger partial charge in [-0.3, -0.25) is 0 Å². The highest BCUT2D eigenvalue weighted by Crippen LogP contribution is 2.22. The van der Waals surface area contributed by atoms with Crippen molar-refractivity contribution >= 4 is 11.6 Å². The van der Waals surface area contributed by atoms with Crippen molar-refractivity contribution in [1.29, 1.82) is 0 Å². The standard InChI is InChI=1S/C12H22N4O/c1-12(2,5-4-6-17)8-14-11-7-10(13-3)15-9-16-11/h7,9,17H,4-6,8H2,1-3H3,(H2,13,14,15,16). The first-order valence-corrected chi connectivity index (χ1v) is 5.92. The van der Waals surface area contributed by atoms with Gasteiger partial charge >= 0.3 is 0 Å². The van der Waals surface area contributed by atoms with Crippen LogP contribution in [0, 0.1) is 5.41 Å². The molecule has 0 aromatic carbocycles. The minimum absolute atomic E-state index is 0.146. The van der Waals surface area contributed by atoms with Gasteiger partial charge in [-0.1, -0.05) is 13.8 Å². The minimum atomic E-state index is 0.146. The van der Waals surface area contributed by atoms with Crippen LogP contribution in [-0.4, -0.2) is 35.3 Å². The quantitative estimate of drug-likeness (QED) is 0.675. The molecule has 5 nitrogen and oxygen atoms in total. The van der Waals surface area contributed by atoms with Crippen LogP contribution in [0.2, 0.25) is 0 Å². The predicted molar refractivity (Wildman–Crippen MR) is 70.2 cm³/mol. The van der Waals surface area contributed by atoms with Gasteiger partial charge in [-0.05, 0) is 18.3 Å². The molecule has 0 aliphatic rings. The first kappa shape index (κ1) is 13.7. The number of anilines is 2.